The van der Waals surface area contributed by atoms with Gasteiger partial charge in [-0.1, -0.05) is 0 Å². The zero-order valence-corrected chi connectivity index (χ0v) is 11.3. The topological polar surface area (TPSA) is 18.5 Å². The number of piperidine rings is 1. The number of nitrogens with zero attached hydrogens (tertiary/aromatic N) is 2. The van der Waals surface area contributed by atoms with Gasteiger partial charge in [-0.25, -0.2) is 0 Å². The smallest absolute Gasteiger partial charge is 0.0110 e. The molecule has 0 bridgehead atoms. The first-order valence-electron chi connectivity index (χ1n) is 6.46. The standard InChI is InChI=1S/C12H25N3.ClH/c1-14-8-10-15(11-9-14)7-4-12-2-5-13-6-3-12;/h12-13H,2-11H2,1H3;1H. The molecule has 16 heavy (non-hydrogen) atoms. The Bertz CT molecular complexity index is 175. The van der Waals surface area contributed by atoms with Gasteiger partial charge in [0.15, 0.2) is 0 Å². The molecule has 0 unspecified atom stereocenters. The van der Waals surface area contributed by atoms with Gasteiger partial charge in [-0.3, -0.25) is 0 Å². The van der Waals surface area contributed by atoms with Crippen LogP contribution in [-0.2, 0) is 0 Å². The van der Waals surface area contributed by atoms with Crippen LogP contribution in [0.1, 0.15) is 19.3 Å². The van der Waals surface area contributed by atoms with Gasteiger partial charge in [0.05, 0.1) is 0 Å². The number of likely N-dealkylation sites (N-methyl/N-ethyl adjacent to an activating group) is 1. The Hall–Kier alpha value is 0.170. The van der Waals surface area contributed by atoms with Crippen molar-refractivity contribution in [2.75, 3.05) is 52.9 Å². The lowest BCUT2D eigenvalue weighted by Gasteiger charge is -2.33. The number of hydrogen-bond donors (Lipinski definition) is 1. The lowest BCUT2D eigenvalue weighted by Crippen LogP contribution is -2.45. The molecular formula is C12H26ClN3. The fourth-order valence-corrected chi connectivity index (χ4v) is 2.61. The molecule has 2 fully saturated rings. The van der Waals surface area contributed by atoms with Crippen molar-refractivity contribution >= 4 is 12.4 Å². The Balaban J connectivity index is 0.00000128. The lowest BCUT2D eigenvalue weighted by atomic mass is 9.94. The molecule has 2 heterocycles. The summed E-state index contributed by atoms with van der Waals surface area (Å²) >= 11 is 0. The molecule has 2 saturated heterocycles. The van der Waals surface area contributed by atoms with Gasteiger partial charge in [-0.05, 0) is 51.9 Å². The minimum Gasteiger partial charge on any atom is -0.317 e. The van der Waals surface area contributed by atoms with Gasteiger partial charge >= 0.3 is 0 Å². The lowest BCUT2D eigenvalue weighted by molar-refractivity contribution is 0.143. The normalized spacial score (nSPS) is 25.3. The molecule has 1 N–H and O–H groups in total. The van der Waals surface area contributed by atoms with Gasteiger partial charge < -0.3 is 15.1 Å². The van der Waals surface area contributed by atoms with Crippen LogP contribution >= 0.6 is 12.4 Å². The van der Waals surface area contributed by atoms with Crippen molar-refractivity contribution in [3.8, 4) is 0 Å². The van der Waals surface area contributed by atoms with Crippen LogP contribution < -0.4 is 5.32 Å². The summed E-state index contributed by atoms with van der Waals surface area (Å²) < 4.78 is 0. The van der Waals surface area contributed by atoms with E-state index in [1.165, 1.54) is 65.1 Å². The number of hydrogen-bond acceptors (Lipinski definition) is 3. The maximum Gasteiger partial charge on any atom is 0.0110 e. The van der Waals surface area contributed by atoms with E-state index in [4.69, 9.17) is 0 Å². The monoisotopic (exact) mass is 247 g/mol. The highest BCUT2D eigenvalue weighted by molar-refractivity contribution is 5.85. The molecule has 96 valence electrons. The van der Waals surface area contributed by atoms with Crippen LogP contribution in [0.2, 0.25) is 0 Å². The van der Waals surface area contributed by atoms with Crippen molar-refractivity contribution < 1.29 is 0 Å². The molecule has 3 nitrogen and oxygen atoms in total. The number of halogens is 1. The molecule has 2 aliphatic rings. The van der Waals surface area contributed by atoms with E-state index in [1.807, 2.05) is 0 Å². The van der Waals surface area contributed by atoms with Gasteiger partial charge in [0.2, 0.25) is 0 Å². The molecule has 0 aliphatic carbocycles. The minimum atomic E-state index is 0. The van der Waals surface area contributed by atoms with Crippen LogP contribution in [0.5, 0.6) is 0 Å². The fourth-order valence-electron chi connectivity index (χ4n) is 2.61. The summed E-state index contributed by atoms with van der Waals surface area (Å²) in [6.45, 7) is 8.89. The van der Waals surface area contributed by atoms with Gasteiger partial charge in [-0.15, -0.1) is 12.4 Å². The van der Waals surface area contributed by atoms with Crippen molar-refractivity contribution in [1.82, 2.24) is 15.1 Å². The Kier molecular flexibility index (Phi) is 6.66. The first kappa shape index (κ1) is 14.2. The van der Waals surface area contributed by atoms with E-state index in [1.54, 1.807) is 0 Å². The van der Waals surface area contributed by atoms with Crippen molar-refractivity contribution in [2.24, 2.45) is 5.92 Å². The van der Waals surface area contributed by atoms with Crippen molar-refractivity contribution in [1.29, 1.82) is 0 Å². The summed E-state index contributed by atoms with van der Waals surface area (Å²) in [4.78, 5) is 5.07. The van der Waals surface area contributed by atoms with Crippen LogP contribution in [0.4, 0.5) is 0 Å². The molecule has 4 heteroatoms. The van der Waals surface area contributed by atoms with Gasteiger partial charge in [0.25, 0.3) is 0 Å². The third-order valence-corrected chi connectivity index (χ3v) is 3.91. The molecule has 0 radical (unpaired) electrons. The molecule has 0 aromatic carbocycles. The van der Waals surface area contributed by atoms with E-state index in [2.05, 4.69) is 22.2 Å². The first-order chi connectivity index (χ1) is 7.34. The predicted octanol–water partition coefficient (Wildman–Crippen LogP) is 1.05. The van der Waals surface area contributed by atoms with E-state index >= 15 is 0 Å². The Labute approximate surface area is 106 Å². The van der Waals surface area contributed by atoms with E-state index in [0.717, 1.165) is 5.92 Å². The van der Waals surface area contributed by atoms with Crippen LogP contribution in [0.15, 0.2) is 0 Å². The number of piperazine rings is 1. The average molecular weight is 248 g/mol. The van der Waals surface area contributed by atoms with Crippen molar-refractivity contribution in [3.63, 3.8) is 0 Å². The SMILES string of the molecule is CN1CCN(CCC2CCNCC2)CC1.Cl. The predicted molar refractivity (Wildman–Crippen MR) is 71.4 cm³/mol. The summed E-state index contributed by atoms with van der Waals surface area (Å²) in [5.41, 5.74) is 0. The highest BCUT2D eigenvalue weighted by atomic mass is 35.5. The summed E-state index contributed by atoms with van der Waals surface area (Å²) in [6.07, 6.45) is 4.22. The highest BCUT2D eigenvalue weighted by Gasteiger charge is 2.17. The maximum atomic E-state index is 3.44. The zero-order chi connectivity index (χ0) is 10.5. The van der Waals surface area contributed by atoms with E-state index in [0.29, 0.717) is 0 Å². The number of rotatable bonds is 3. The van der Waals surface area contributed by atoms with Crippen LogP contribution in [0, 0.1) is 5.92 Å². The van der Waals surface area contributed by atoms with Crippen LogP contribution in [0.25, 0.3) is 0 Å². The second kappa shape index (κ2) is 7.49. The van der Waals surface area contributed by atoms with Crippen LogP contribution in [0.3, 0.4) is 0 Å². The van der Waals surface area contributed by atoms with E-state index in [9.17, 15) is 0 Å². The molecule has 2 aliphatic heterocycles. The Morgan fingerprint density at radius 3 is 2.31 bits per heavy atom. The zero-order valence-electron chi connectivity index (χ0n) is 10.5. The van der Waals surface area contributed by atoms with E-state index < -0.39 is 0 Å². The van der Waals surface area contributed by atoms with Gasteiger partial charge in [0.1, 0.15) is 0 Å². The molecular weight excluding hydrogens is 222 g/mol. The summed E-state index contributed by atoms with van der Waals surface area (Å²) in [5.74, 6) is 0.992. The average Bonchev–Trinajstić information content (AvgIpc) is 2.30. The molecule has 0 spiro atoms. The molecule has 0 aromatic rings. The first-order valence-corrected chi connectivity index (χ1v) is 6.46. The molecule has 0 saturated carbocycles. The van der Waals surface area contributed by atoms with Crippen molar-refractivity contribution in [2.45, 2.75) is 19.3 Å². The molecule has 0 amide bonds. The summed E-state index contributed by atoms with van der Waals surface area (Å²) in [5, 5.41) is 3.44. The molecule has 0 aromatic heterocycles. The van der Waals surface area contributed by atoms with E-state index in [-0.39, 0.29) is 12.4 Å². The molecule has 0 atom stereocenters. The largest absolute Gasteiger partial charge is 0.317 e. The third-order valence-electron chi connectivity index (χ3n) is 3.91. The second-order valence-corrected chi connectivity index (χ2v) is 5.13. The minimum absolute atomic E-state index is 0. The Morgan fingerprint density at radius 2 is 1.69 bits per heavy atom. The summed E-state index contributed by atoms with van der Waals surface area (Å²) in [7, 11) is 2.23. The maximum absolute atomic E-state index is 3.44. The second-order valence-electron chi connectivity index (χ2n) is 5.13. The molecule has 2 rings (SSSR count). The van der Waals surface area contributed by atoms with Gasteiger partial charge in [-0.2, -0.15) is 0 Å². The van der Waals surface area contributed by atoms with Gasteiger partial charge in [0, 0.05) is 26.2 Å². The van der Waals surface area contributed by atoms with Crippen LogP contribution in [-0.4, -0.2) is 62.7 Å². The Morgan fingerprint density at radius 1 is 1.06 bits per heavy atom. The highest BCUT2D eigenvalue weighted by Crippen LogP contribution is 2.16. The quantitative estimate of drug-likeness (QED) is 0.804. The fraction of sp³-hybridized carbons (Fsp3) is 1.00. The number of nitrogens with one attached hydrogen (secondary N) is 1. The summed E-state index contributed by atoms with van der Waals surface area (Å²) in [6, 6.07) is 0. The van der Waals surface area contributed by atoms with Crippen molar-refractivity contribution in [3.05, 3.63) is 0 Å². The third kappa shape index (κ3) is 4.58.